The van der Waals surface area contributed by atoms with E-state index in [2.05, 4.69) is 15.9 Å². The standard InChI is InChI=1S/C5H4BrNO2S/c1-3-2-4(7(8)9)5(6)10-3/h2H,1H3. The van der Waals surface area contributed by atoms with Crippen LogP contribution in [0.2, 0.25) is 0 Å². The highest BCUT2D eigenvalue weighted by Crippen LogP contribution is 2.33. The molecular weight excluding hydrogens is 218 g/mol. The first-order chi connectivity index (χ1) is 4.61. The van der Waals surface area contributed by atoms with Crippen LogP contribution < -0.4 is 0 Å². The highest BCUT2D eigenvalue weighted by molar-refractivity contribution is 9.11. The molecule has 0 aliphatic rings. The lowest BCUT2D eigenvalue weighted by atomic mass is 10.5. The van der Waals surface area contributed by atoms with Crippen molar-refractivity contribution in [3.63, 3.8) is 0 Å². The number of hydrogen-bond donors (Lipinski definition) is 0. The molecule has 0 spiro atoms. The molecule has 5 heteroatoms. The lowest BCUT2D eigenvalue weighted by Gasteiger charge is -1.82. The maximum atomic E-state index is 10.2. The third kappa shape index (κ3) is 1.35. The SMILES string of the molecule is Cc1cc([N+](=O)[O-])c(Br)s1. The van der Waals surface area contributed by atoms with Gasteiger partial charge in [0.2, 0.25) is 0 Å². The third-order valence-corrected chi connectivity index (χ3v) is 2.71. The number of nitro groups is 1. The van der Waals surface area contributed by atoms with E-state index in [9.17, 15) is 10.1 Å². The summed E-state index contributed by atoms with van der Waals surface area (Å²) in [5, 5.41) is 10.2. The fourth-order valence-corrected chi connectivity index (χ4v) is 2.31. The third-order valence-electron chi connectivity index (χ3n) is 0.989. The minimum atomic E-state index is -0.395. The first kappa shape index (κ1) is 7.68. The van der Waals surface area contributed by atoms with Crippen LogP contribution in [-0.2, 0) is 0 Å². The molecule has 1 aromatic heterocycles. The van der Waals surface area contributed by atoms with Crippen molar-refractivity contribution in [2.75, 3.05) is 0 Å². The molecule has 0 bridgehead atoms. The Kier molecular flexibility index (Phi) is 2.05. The van der Waals surface area contributed by atoms with Gasteiger partial charge in [-0.1, -0.05) is 0 Å². The maximum Gasteiger partial charge on any atom is 0.294 e. The van der Waals surface area contributed by atoms with Gasteiger partial charge in [-0.05, 0) is 22.9 Å². The Bertz CT molecular complexity index is 271. The van der Waals surface area contributed by atoms with Gasteiger partial charge in [0.05, 0.1) is 4.92 Å². The van der Waals surface area contributed by atoms with Crippen molar-refractivity contribution < 1.29 is 4.92 Å². The van der Waals surface area contributed by atoms with Crippen molar-refractivity contribution in [3.05, 3.63) is 24.8 Å². The minimum absolute atomic E-state index is 0.155. The molecule has 0 atom stereocenters. The number of hydrogen-bond acceptors (Lipinski definition) is 3. The second kappa shape index (κ2) is 2.67. The van der Waals surface area contributed by atoms with E-state index < -0.39 is 4.92 Å². The van der Waals surface area contributed by atoms with Gasteiger partial charge in [-0.3, -0.25) is 10.1 Å². The first-order valence-corrected chi connectivity index (χ1v) is 4.12. The van der Waals surface area contributed by atoms with E-state index in [0.717, 1.165) is 4.88 Å². The van der Waals surface area contributed by atoms with Crippen molar-refractivity contribution in [2.24, 2.45) is 0 Å². The molecular formula is C5H4BrNO2S. The van der Waals surface area contributed by atoms with Crippen LogP contribution in [0.1, 0.15) is 4.88 Å². The molecule has 0 aromatic carbocycles. The summed E-state index contributed by atoms with van der Waals surface area (Å²) in [6, 6.07) is 1.55. The molecule has 0 aliphatic carbocycles. The first-order valence-electron chi connectivity index (χ1n) is 2.51. The van der Waals surface area contributed by atoms with Crippen LogP contribution in [0, 0.1) is 17.0 Å². The predicted molar refractivity (Wildman–Crippen MR) is 43.4 cm³/mol. The molecule has 0 N–H and O–H groups in total. The molecule has 0 saturated heterocycles. The summed E-state index contributed by atoms with van der Waals surface area (Å²) in [6.45, 7) is 1.84. The molecule has 0 unspecified atom stereocenters. The van der Waals surface area contributed by atoms with Crippen LogP contribution in [0.3, 0.4) is 0 Å². The average Bonchev–Trinajstić information content (AvgIpc) is 2.10. The normalized spacial score (nSPS) is 9.80. The van der Waals surface area contributed by atoms with Crippen LogP contribution in [0.4, 0.5) is 5.69 Å². The number of aryl methyl sites for hydroxylation is 1. The van der Waals surface area contributed by atoms with Gasteiger partial charge in [0, 0.05) is 10.9 Å². The summed E-state index contributed by atoms with van der Waals surface area (Å²) < 4.78 is 0.593. The summed E-state index contributed by atoms with van der Waals surface area (Å²) in [6.07, 6.45) is 0. The van der Waals surface area contributed by atoms with E-state index in [-0.39, 0.29) is 5.69 Å². The highest BCUT2D eigenvalue weighted by atomic mass is 79.9. The van der Waals surface area contributed by atoms with E-state index in [1.165, 1.54) is 11.3 Å². The van der Waals surface area contributed by atoms with Gasteiger partial charge in [-0.2, -0.15) is 0 Å². The number of rotatable bonds is 1. The van der Waals surface area contributed by atoms with Crippen LogP contribution in [0.15, 0.2) is 9.85 Å². The van der Waals surface area contributed by atoms with Crippen LogP contribution in [0.5, 0.6) is 0 Å². The fourth-order valence-electron chi connectivity index (χ4n) is 0.597. The summed E-state index contributed by atoms with van der Waals surface area (Å²) in [5.74, 6) is 0. The monoisotopic (exact) mass is 221 g/mol. The quantitative estimate of drug-likeness (QED) is 0.541. The zero-order chi connectivity index (χ0) is 7.72. The molecule has 54 valence electrons. The highest BCUT2D eigenvalue weighted by Gasteiger charge is 2.13. The second-order valence-electron chi connectivity index (χ2n) is 1.77. The van der Waals surface area contributed by atoms with Crippen LogP contribution in [0.25, 0.3) is 0 Å². The van der Waals surface area contributed by atoms with E-state index in [0.29, 0.717) is 3.79 Å². The Balaban J connectivity index is 3.15. The molecule has 1 aromatic rings. The zero-order valence-electron chi connectivity index (χ0n) is 5.13. The lowest BCUT2D eigenvalue weighted by molar-refractivity contribution is -0.385. The van der Waals surface area contributed by atoms with E-state index in [1.54, 1.807) is 6.07 Å². The Labute approximate surface area is 70.0 Å². The molecule has 3 nitrogen and oxygen atoms in total. The Morgan fingerprint density at radius 3 is 2.60 bits per heavy atom. The van der Waals surface area contributed by atoms with Gasteiger partial charge in [0.15, 0.2) is 0 Å². The van der Waals surface area contributed by atoms with Crippen molar-refractivity contribution in [3.8, 4) is 0 Å². The van der Waals surface area contributed by atoms with Crippen LogP contribution in [-0.4, -0.2) is 4.92 Å². The number of thiophene rings is 1. The van der Waals surface area contributed by atoms with Gasteiger partial charge < -0.3 is 0 Å². The van der Waals surface area contributed by atoms with Gasteiger partial charge in [-0.25, -0.2) is 0 Å². The molecule has 10 heavy (non-hydrogen) atoms. The fraction of sp³-hybridized carbons (Fsp3) is 0.200. The Morgan fingerprint density at radius 1 is 1.80 bits per heavy atom. The van der Waals surface area contributed by atoms with E-state index in [1.807, 2.05) is 6.92 Å². The van der Waals surface area contributed by atoms with Gasteiger partial charge in [-0.15, -0.1) is 11.3 Å². The topological polar surface area (TPSA) is 43.1 Å². The predicted octanol–water partition coefficient (Wildman–Crippen LogP) is 2.73. The van der Waals surface area contributed by atoms with Crippen LogP contribution >= 0.6 is 27.3 Å². The molecule has 0 aliphatic heterocycles. The van der Waals surface area contributed by atoms with Crippen molar-refractivity contribution in [1.29, 1.82) is 0 Å². The van der Waals surface area contributed by atoms with Gasteiger partial charge in [0.1, 0.15) is 3.79 Å². The van der Waals surface area contributed by atoms with Crippen molar-refractivity contribution in [1.82, 2.24) is 0 Å². The largest absolute Gasteiger partial charge is 0.294 e. The summed E-state index contributed by atoms with van der Waals surface area (Å²) >= 11 is 4.47. The number of nitrogens with zero attached hydrogens (tertiary/aromatic N) is 1. The Morgan fingerprint density at radius 2 is 2.40 bits per heavy atom. The average molecular weight is 222 g/mol. The molecule has 0 saturated carbocycles. The summed E-state index contributed by atoms with van der Waals surface area (Å²) in [7, 11) is 0. The van der Waals surface area contributed by atoms with E-state index in [4.69, 9.17) is 0 Å². The van der Waals surface area contributed by atoms with Crippen molar-refractivity contribution in [2.45, 2.75) is 6.92 Å². The smallest absolute Gasteiger partial charge is 0.258 e. The summed E-state index contributed by atoms with van der Waals surface area (Å²) in [4.78, 5) is 10.8. The minimum Gasteiger partial charge on any atom is -0.258 e. The molecule has 0 fully saturated rings. The van der Waals surface area contributed by atoms with Gasteiger partial charge >= 0.3 is 0 Å². The molecule has 0 radical (unpaired) electrons. The second-order valence-corrected chi connectivity index (χ2v) is 4.35. The van der Waals surface area contributed by atoms with Gasteiger partial charge in [0.25, 0.3) is 5.69 Å². The molecule has 1 rings (SSSR count). The maximum absolute atomic E-state index is 10.2. The Hall–Kier alpha value is -0.420. The molecule has 0 amide bonds. The number of halogens is 1. The zero-order valence-corrected chi connectivity index (χ0v) is 7.53. The summed E-state index contributed by atoms with van der Waals surface area (Å²) in [5.41, 5.74) is 0.155. The van der Waals surface area contributed by atoms with Crippen molar-refractivity contribution >= 4 is 33.0 Å². The lowest BCUT2D eigenvalue weighted by Crippen LogP contribution is -1.83. The molecule has 1 heterocycles. The van der Waals surface area contributed by atoms with E-state index >= 15 is 0 Å².